The fourth-order valence-electron chi connectivity index (χ4n) is 1.70. The van der Waals surface area contributed by atoms with Crippen LogP contribution in [0.2, 0.25) is 0 Å². The lowest BCUT2D eigenvalue weighted by molar-refractivity contribution is -0.141. The lowest BCUT2D eigenvalue weighted by atomic mass is 10.1. The molecule has 0 radical (unpaired) electrons. The van der Waals surface area contributed by atoms with E-state index in [9.17, 15) is 4.79 Å². The van der Waals surface area contributed by atoms with Crippen LogP contribution in [0.1, 0.15) is 19.8 Å². The van der Waals surface area contributed by atoms with E-state index in [1.54, 1.807) is 4.90 Å². The van der Waals surface area contributed by atoms with Crippen LogP contribution in [-0.2, 0) is 9.53 Å². The van der Waals surface area contributed by atoms with Gasteiger partial charge in [-0.1, -0.05) is 13.3 Å². The summed E-state index contributed by atoms with van der Waals surface area (Å²) in [6, 6.07) is -0.410. The molecule has 0 saturated carbocycles. The minimum atomic E-state index is -0.410. The first-order valence-electron chi connectivity index (χ1n) is 5.45. The van der Waals surface area contributed by atoms with E-state index >= 15 is 0 Å². The Kier molecular flexibility index (Phi) is 5.01. The average Bonchev–Trinajstić information content (AvgIpc) is 2.28. The van der Waals surface area contributed by atoms with Gasteiger partial charge in [-0.25, -0.2) is 0 Å². The van der Waals surface area contributed by atoms with Crippen molar-refractivity contribution in [2.45, 2.75) is 31.9 Å². The third-order valence-corrected chi connectivity index (χ3v) is 2.57. The molecular weight excluding hydrogens is 196 g/mol. The summed E-state index contributed by atoms with van der Waals surface area (Å²) in [5.41, 5.74) is 5.75. The largest absolute Gasteiger partial charge is 0.394 e. The van der Waals surface area contributed by atoms with Crippen molar-refractivity contribution in [2.24, 2.45) is 5.73 Å². The second-order valence-electron chi connectivity index (χ2n) is 3.85. The highest BCUT2D eigenvalue weighted by Gasteiger charge is 2.26. The number of hydrogen-bond acceptors (Lipinski definition) is 4. The van der Waals surface area contributed by atoms with E-state index in [4.69, 9.17) is 15.6 Å². The number of hydrogen-bond donors (Lipinski definition) is 2. The van der Waals surface area contributed by atoms with E-state index in [2.05, 4.69) is 0 Å². The zero-order valence-electron chi connectivity index (χ0n) is 9.19. The van der Waals surface area contributed by atoms with Gasteiger partial charge in [0, 0.05) is 13.1 Å². The third kappa shape index (κ3) is 3.44. The normalized spacial score (nSPS) is 23.9. The maximum absolute atomic E-state index is 11.8. The van der Waals surface area contributed by atoms with Crippen molar-refractivity contribution in [1.29, 1.82) is 0 Å². The zero-order valence-corrected chi connectivity index (χ0v) is 9.19. The summed E-state index contributed by atoms with van der Waals surface area (Å²) in [4.78, 5) is 13.5. The molecule has 1 unspecified atom stereocenters. The van der Waals surface area contributed by atoms with E-state index in [1.807, 2.05) is 6.92 Å². The summed E-state index contributed by atoms with van der Waals surface area (Å²) in [6.45, 7) is 3.46. The van der Waals surface area contributed by atoms with Crippen LogP contribution >= 0.6 is 0 Å². The molecule has 88 valence electrons. The molecule has 0 bridgehead atoms. The van der Waals surface area contributed by atoms with Crippen molar-refractivity contribution in [2.75, 3.05) is 26.3 Å². The second-order valence-corrected chi connectivity index (χ2v) is 3.85. The number of amides is 1. The highest BCUT2D eigenvalue weighted by atomic mass is 16.5. The van der Waals surface area contributed by atoms with E-state index in [1.165, 1.54) is 0 Å². The molecule has 5 nitrogen and oxygen atoms in total. The van der Waals surface area contributed by atoms with Crippen LogP contribution in [0.25, 0.3) is 0 Å². The molecule has 0 aromatic heterocycles. The smallest absolute Gasteiger partial charge is 0.239 e. The van der Waals surface area contributed by atoms with Crippen LogP contribution in [0, 0.1) is 0 Å². The lowest BCUT2D eigenvalue weighted by Crippen LogP contribution is -2.52. The first kappa shape index (κ1) is 12.4. The van der Waals surface area contributed by atoms with E-state index < -0.39 is 6.04 Å². The van der Waals surface area contributed by atoms with Crippen molar-refractivity contribution in [1.82, 2.24) is 4.90 Å². The molecule has 2 atom stereocenters. The van der Waals surface area contributed by atoms with Gasteiger partial charge in [0.15, 0.2) is 0 Å². The van der Waals surface area contributed by atoms with Gasteiger partial charge < -0.3 is 20.5 Å². The SMILES string of the molecule is CCC[C@@H](N)C(=O)N1CCOC(CO)C1. The van der Waals surface area contributed by atoms with Crippen LogP contribution < -0.4 is 5.73 Å². The maximum Gasteiger partial charge on any atom is 0.239 e. The number of nitrogens with zero attached hydrogens (tertiary/aromatic N) is 1. The third-order valence-electron chi connectivity index (χ3n) is 2.57. The van der Waals surface area contributed by atoms with Gasteiger partial charge >= 0.3 is 0 Å². The highest BCUT2D eigenvalue weighted by molar-refractivity contribution is 5.81. The van der Waals surface area contributed by atoms with Gasteiger partial charge in [0.25, 0.3) is 0 Å². The van der Waals surface area contributed by atoms with Crippen LogP contribution in [0.5, 0.6) is 0 Å². The summed E-state index contributed by atoms with van der Waals surface area (Å²) in [5, 5.41) is 8.94. The number of ether oxygens (including phenoxy) is 1. The summed E-state index contributed by atoms with van der Waals surface area (Å²) in [6.07, 6.45) is 1.36. The second kappa shape index (κ2) is 6.05. The van der Waals surface area contributed by atoms with Crippen molar-refractivity contribution in [3.8, 4) is 0 Å². The van der Waals surface area contributed by atoms with Gasteiger partial charge in [-0.05, 0) is 6.42 Å². The molecule has 0 aromatic rings. The minimum Gasteiger partial charge on any atom is -0.394 e. The maximum atomic E-state index is 11.8. The fraction of sp³-hybridized carbons (Fsp3) is 0.900. The van der Waals surface area contributed by atoms with Crippen molar-refractivity contribution >= 4 is 5.91 Å². The van der Waals surface area contributed by atoms with E-state index in [0.717, 1.165) is 6.42 Å². The molecule has 15 heavy (non-hydrogen) atoms. The first-order chi connectivity index (χ1) is 7.19. The standard InChI is InChI=1S/C10H20N2O3/c1-2-3-9(11)10(14)12-4-5-15-8(6-12)7-13/h8-9,13H,2-7,11H2,1H3/t8?,9-/m1/s1. The van der Waals surface area contributed by atoms with E-state index in [-0.39, 0.29) is 18.6 Å². The van der Waals surface area contributed by atoms with Crippen LogP contribution in [0.4, 0.5) is 0 Å². The molecule has 1 rings (SSSR count). The van der Waals surface area contributed by atoms with Crippen LogP contribution in [0.3, 0.4) is 0 Å². The van der Waals surface area contributed by atoms with Crippen molar-refractivity contribution in [3.05, 3.63) is 0 Å². The molecule has 1 saturated heterocycles. The Balaban J connectivity index is 2.44. The molecule has 0 aromatic carbocycles. The Bertz CT molecular complexity index is 211. The molecule has 1 aliphatic heterocycles. The van der Waals surface area contributed by atoms with Gasteiger partial charge in [-0.2, -0.15) is 0 Å². The first-order valence-corrected chi connectivity index (χ1v) is 5.45. The Hall–Kier alpha value is -0.650. The van der Waals surface area contributed by atoms with Crippen molar-refractivity contribution < 1.29 is 14.6 Å². The van der Waals surface area contributed by atoms with Gasteiger partial charge in [0.1, 0.15) is 0 Å². The summed E-state index contributed by atoms with van der Waals surface area (Å²) < 4.78 is 5.26. The number of carbonyl (C=O) groups excluding carboxylic acids is 1. The predicted octanol–water partition coefficient (Wildman–Crippen LogP) is -0.666. The van der Waals surface area contributed by atoms with Gasteiger partial charge in [0.2, 0.25) is 5.91 Å². The number of aliphatic hydroxyl groups excluding tert-OH is 1. The number of carbonyl (C=O) groups is 1. The molecule has 0 spiro atoms. The number of aliphatic hydroxyl groups is 1. The van der Waals surface area contributed by atoms with Crippen molar-refractivity contribution in [3.63, 3.8) is 0 Å². The van der Waals surface area contributed by atoms with Crippen LogP contribution in [-0.4, -0.2) is 54.4 Å². The summed E-state index contributed by atoms with van der Waals surface area (Å²) in [5.74, 6) is -0.0291. The number of rotatable bonds is 4. The Morgan fingerprint density at radius 3 is 3.07 bits per heavy atom. The quantitative estimate of drug-likeness (QED) is 0.653. The average molecular weight is 216 g/mol. The fourth-order valence-corrected chi connectivity index (χ4v) is 1.70. The molecule has 5 heteroatoms. The zero-order chi connectivity index (χ0) is 11.3. The Morgan fingerprint density at radius 1 is 1.73 bits per heavy atom. The Labute approximate surface area is 90.2 Å². The predicted molar refractivity (Wildman–Crippen MR) is 56.3 cm³/mol. The molecule has 1 aliphatic rings. The number of nitrogens with two attached hydrogens (primary N) is 1. The molecular formula is C10H20N2O3. The molecule has 1 fully saturated rings. The van der Waals surface area contributed by atoms with Gasteiger partial charge in [0.05, 0.1) is 25.4 Å². The van der Waals surface area contributed by atoms with Gasteiger partial charge in [-0.3, -0.25) is 4.79 Å². The molecule has 1 heterocycles. The van der Waals surface area contributed by atoms with E-state index in [0.29, 0.717) is 26.1 Å². The van der Waals surface area contributed by atoms with Crippen LogP contribution in [0.15, 0.2) is 0 Å². The monoisotopic (exact) mass is 216 g/mol. The molecule has 0 aliphatic carbocycles. The molecule has 3 N–H and O–H groups in total. The minimum absolute atomic E-state index is 0.0291. The number of morpholine rings is 1. The lowest BCUT2D eigenvalue weighted by Gasteiger charge is -2.33. The van der Waals surface area contributed by atoms with Gasteiger partial charge in [-0.15, -0.1) is 0 Å². The Morgan fingerprint density at radius 2 is 2.47 bits per heavy atom. The topological polar surface area (TPSA) is 75.8 Å². The summed E-state index contributed by atoms with van der Waals surface area (Å²) >= 11 is 0. The molecule has 1 amide bonds. The highest BCUT2D eigenvalue weighted by Crippen LogP contribution is 2.07. The summed E-state index contributed by atoms with van der Waals surface area (Å²) in [7, 11) is 0.